The van der Waals surface area contributed by atoms with Crippen LogP contribution in [0, 0.1) is 0 Å². The molecule has 0 bridgehead atoms. The zero-order valence-corrected chi connectivity index (χ0v) is 8.50. The van der Waals surface area contributed by atoms with Crippen LogP contribution in [0.1, 0.15) is 11.3 Å². The van der Waals surface area contributed by atoms with Crippen molar-refractivity contribution in [2.75, 3.05) is 7.05 Å². The summed E-state index contributed by atoms with van der Waals surface area (Å²) in [5.41, 5.74) is 0.583. The van der Waals surface area contributed by atoms with Crippen LogP contribution in [0.15, 0.2) is 23.1 Å². The minimum atomic E-state index is -0.177. The lowest BCUT2D eigenvalue weighted by Crippen LogP contribution is -2.23. The number of nitrogens with zero attached hydrogens (tertiary/aromatic N) is 1. The average molecular weight is 207 g/mol. The molecule has 1 saturated heterocycles. The van der Waals surface area contributed by atoms with Crippen molar-refractivity contribution in [1.29, 1.82) is 0 Å². The summed E-state index contributed by atoms with van der Waals surface area (Å²) in [6.07, 6.45) is 2.02. The second-order valence-corrected chi connectivity index (χ2v) is 4.10. The SMILES string of the molecule is CN1C(=O)C/C(=C\c2cccs2)C1=O. The predicted molar refractivity (Wildman–Crippen MR) is 54.7 cm³/mol. The van der Waals surface area contributed by atoms with Crippen LogP contribution in [0.5, 0.6) is 0 Å². The highest BCUT2D eigenvalue weighted by Crippen LogP contribution is 2.21. The molecule has 0 atom stereocenters. The molecular formula is C10H9NO2S. The van der Waals surface area contributed by atoms with Crippen LogP contribution in [0.25, 0.3) is 6.08 Å². The van der Waals surface area contributed by atoms with Crippen molar-refractivity contribution in [3.8, 4) is 0 Å². The molecule has 0 saturated carbocycles. The lowest BCUT2D eigenvalue weighted by molar-refractivity contribution is -0.135. The minimum absolute atomic E-state index is 0.127. The fourth-order valence-corrected chi connectivity index (χ4v) is 2.03. The first kappa shape index (κ1) is 9.15. The van der Waals surface area contributed by atoms with E-state index in [2.05, 4.69) is 0 Å². The van der Waals surface area contributed by atoms with E-state index < -0.39 is 0 Å². The fourth-order valence-electron chi connectivity index (χ4n) is 1.34. The largest absolute Gasteiger partial charge is 0.282 e. The van der Waals surface area contributed by atoms with Gasteiger partial charge in [0.1, 0.15) is 0 Å². The van der Waals surface area contributed by atoms with E-state index in [1.54, 1.807) is 17.4 Å². The highest BCUT2D eigenvalue weighted by molar-refractivity contribution is 7.10. The van der Waals surface area contributed by atoms with E-state index in [4.69, 9.17) is 0 Å². The van der Waals surface area contributed by atoms with Gasteiger partial charge in [0, 0.05) is 17.5 Å². The lowest BCUT2D eigenvalue weighted by Gasteiger charge is -2.02. The molecule has 1 aliphatic rings. The molecular weight excluding hydrogens is 198 g/mol. The van der Waals surface area contributed by atoms with E-state index in [0.29, 0.717) is 5.57 Å². The van der Waals surface area contributed by atoms with Gasteiger partial charge < -0.3 is 0 Å². The number of carbonyl (C=O) groups is 2. The van der Waals surface area contributed by atoms with Gasteiger partial charge in [0.2, 0.25) is 5.91 Å². The first-order chi connectivity index (χ1) is 6.68. The van der Waals surface area contributed by atoms with Crippen molar-refractivity contribution >= 4 is 29.2 Å². The molecule has 0 radical (unpaired) electrons. The van der Waals surface area contributed by atoms with Gasteiger partial charge in [-0.05, 0) is 17.5 Å². The van der Waals surface area contributed by atoms with Crippen molar-refractivity contribution in [2.24, 2.45) is 0 Å². The molecule has 0 spiro atoms. The molecule has 2 rings (SSSR count). The number of likely N-dealkylation sites (N-methyl/N-ethyl adjacent to an activating group) is 1. The first-order valence-corrected chi connectivity index (χ1v) is 5.11. The topological polar surface area (TPSA) is 37.4 Å². The highest BCUT2D eigenvalue weighted by Gasteiger charge is 2.30. The lowest BCUT2D eigenvalue weighted by atomic mass is 10.2. The standard InChI is InChI=1S/C10H9NO2S/c1-11-9(12)6-7(10(11)13)5-8-3-2-4-14-8/h2-5H,6H2,1H3/b7-5+. The molecule has 2 heterocycles. The number of hydrogen-bond donors (Lipinski definition) is 0. The smallest absolute Gasteiger partial charge is 0.256 e. The van der Waals surface area contributed by atoms with Crippen molar-refractivity contribution in [2.45, 2.75) is 6.42 Å². The van der Waals surface area contributed by atoms with Gasteiger partial charge >= 0.3 is 0 Å². The third-order valence-electron chi connectivity index (χ3n) is 2.15. The van der Waals surface area contributed by atoms with Crippen molar-refractivity contribution in [1.82, 2.24) is 4.90 Å². The molecule has 1 aliphatic heterocycles. The molecule has 2 amide bonds. The normalized spacial score (nSPS) is 19.8. The number of hydrogen-bond acceptors (Lipinski definition) is 3. The van der Waals surface area contributed by atoms with E-state index >= 15 is 0 Å². The summed E-state index contributed by atoms with van der Waals surface area (Å²) in [5.74, 6) is -0.304. The summed E-state index contributed by atoms with van der Waals surface area (Å²) < 4.78 is 0. The van der Waals surface area contributed by atoms with E-state index in [9.17, 15) is 9.59 Å². The quantitative estimate of drug-likeness (QED) is 0.517. The molecule has 0 aromatic carbocycles. The Bertz CT molecular complexity index is 406. The molecule has 1 aromatic heterocycles. The van der Waals surface area contributed by atoms with Crippen LogP contribution in [-0.2, 0) is 9.59 Å². The molecule has 4 heteroatoms. The molecule has 1 fully saturated rings. The molecule has 0 N–H and O–H groups in total. The Morgan fingerprint density at radius 3 is 2.79 bits per heavy atom. The van der Waals surface area contributed by atoms with Crippen LogP contribution in [0.2, 0.25) is 0 Å². The Balaban J connectivity index is 2.29. The monoisotopic (exact) mass is 207 g/mol. The van der Waals surface area contributed by atoms with Gasteiger partial charge in [-0.15, -0.1) is 11.3 Å². The van der Waals surface area contributed by atoms with E-state index in [0.717, 1.165) is 4.88 Å². The number of carbonyl (C=O) groups excluding carboxylic acids is 2. The van der Waals surface area contributed by atoms with Crippen LogP contribution < -0.4 is 0 Å². The Hall–Kier alpha value is -1.42. The number of rotatable bonds is 1. The first-order valence-electron chi connectivity index (χ1n) is 4.23. The van der Waals surface area contributed by atoms with Crippen LogP contribution >= 0.6 is 11.3 Å². The van der Waals surface area contributed by atoms with Crippen LogP contribution in [0.4, 0.5) is 0 Å². The van der Waals surface area contributed by atoms with Gasteiger partial charge in [0.25, 0.3) is 5.91 Å². The summed E-state index contributed by atoms with van der Waals surface area (Å²) in [6, 6.07) is 3.84. The summed E-state index contributed by atoms with van der Waals surface area (Å²) in [4.78, 5) is 24.9. The Morgan fingerprint density at radius 2 is 2.29 bits per heavy atom. The molecule has 0 aliphatic carbocycles. The number of thiophene rings is 1. The summed E-state index contributed by atoms with van der Waals surface area (Å²) >= 11 is 1.56. The van der Waals surface area contributed by atoms with Crippen molar-refractivity contribution < 1.29 is 9.59 Å². The van der Waals surface area contributed by atoms with Crippen molar-refractivity contribution in [3.05, 3.63) is 28.0 Å². The zero-order valence-electron chi connectivity index (χ0n) is 7.69. The second-order valence-electron chi connectivity index (χ2n) is 3.12. The number of amides is 2. The summed E-state index contributed by atoms with van der Waals surface area (Å²) in [7, 11) is 1.51. The predicted octanol–water partition coefficient (Wildman–Crippen LogP) is 1.52. The van der Waals surface area contributed by atoms with E-state index in [-0.39, 0.29) is 18.2 Å². The Labute approximate surface area is 85.6 Å². The fraction of sp³-hybridized carbons (Fsp3) is 0.200. The van der Waals surface area contributed by atoms with Gasteiger partial charge in [0.15, 0.2) is 0 Å². The third kappa shape index (κ3) is 1.48. The van der Waals surface area contributed by atoms with Crippen LogP contribution in [0.3, 0.4) is 0 Å². The molecule has 14 heavy (non-hydrogen) atoms. The van der Waals surface area contributed by atoms with Crippen LogP contribution in [-0.4, -0.2) is 23.8 Å². The van der Waals surface area contributed by atoms with Crippen molar-refractivity contribution in [3.63, 3.8) is 0 Å². The Kier molecular flexibility index (Phi) is 2.21. The number of likely N-dealkylation sites (tertiary alicyclic amines) is 1. The van der Waals surface area contributed by atoms with E-state index in [1.807, 2.05) is 17.5 Å². The highest BCUT2D eigenvalue weighted by atomic mass is 32.1. The maximum Gasteiger partial charge on any atom is 0.256 e. The van der Waals surface area contributed by atoms with Gasteiger partial charge in [-0.1, -0.05) is 6.07 Å². The maximum absolute atomic E-state index is 11.5. The number of imide groups is 1. The third-order valence-corrected chi connectivity index (χ3v) is 2.97. The molecule has 72 valence electrons. The second kappa shape index (κ2) is 3.38. The summed E-state index contributed by atoms with van der Waals surface area (Å²) in [6.45, 7) is 0. The van der Waals surface area contributed by atoms with E-state index in [1.165, 1.54) is 11.9 Å². The molecule has 1 aromatic rings. The van der Waals surface area contributed by atoms with Gasteiger partial charge in [-0.25, -0.2) is 0 Å². The van der Waals surface area contributed by atoms with Gasteiger partial charge in [0.05, 0.1) is 6.42 Å². The molecule has 0 unspecified atom stereocenters. The average Bonchev–Trinajstić information content (AvgIpc) is 2.73. The van der Waals surface area contributed by atoms with Gasteiger partial charge in [-0.3, -0.25) is 14.5 Å². The Morgan fingerprint density at radius 1 is 1.50 bits per heavy atom. The van der Waals surface area contributed by atoms with Gasteiger partial charge in [-0.2, -0.15) is 0 Å². The zero-order chi connectivity index (χ0) is 10.1. The maximum atomic E-state index is 11.5. The summed E-state index contributed by atoms with van der Waals surface area (Å²) in [5, 5.41) is 1.94. The minimum Gasteiger partial charge on any atom is -0.282 e. The molecule has 3 nitrogen and oxygen atoms in total.